The molecule has 0 aromatic carbocycles. The van der Waals surface area contributed by atoms with Gasteiger partial charge in [-0.3, -0.25) is 0 Å². The van der Waals surface area contributed by atoms with Crippen molar-refractivity contribution in [2.75, 3.05) is 19.7 Å². The zero-order chi connectivity index (χ0) is 14.2. The first-order valence-corrected chi connectivity index (χ1v) is 6.52. The van der Waals surface area contributed by atoms with Crippen molar-refractivity contribution in [3.8, 4) is 0 Å². The van der Waals surface area contributed by atoms with Gasteiger partial charge in [0.05, 0.1) is 19.0 Å². The Balaban J connectivity index is 1.50. The molecule has 0 amide bonds. The van der Waals surface area contributed by atoms with Crippen LogP contribution in [-0.4, -0.2) is 41.0 Å². The molecule has 0 aliphatic heterocycles. The molecule has 0 radical (unpaired) electrons. The van der Waals surface area contributed by atoms with Gasteiger partial charge >= 0.3 is 0 Å². The summed E-state index contributed by atoms with van der Waals surface area (Å²) in [5.74, 6) is 1.97. The molecule has 2 aromatic rings. The van der Waals surface area contributed by atoms with Crippen molar-refractivity contribution in [1.29, 1.82) is 0 Å². The van der Waals surface area contributed by atoms with Crippen LogP contribution in [0.3, 0.4) is 0 Å². The van der Waals surface area contributed by atoms with E-state index in [-0.39, 0.29) is 6.61 Å². The van der Waals surface area contributed by atoms with Crippen molar-refractivity contribution in [3.63, 3.8) is 0 Å². The van der Waals surface area contributed by atoms with Crippen LogP contribution in [0.2, 0.25) is 0 Å². The summed E-state index contributed by atoms with van der Waals surface area (Å²) in [6.45, 7) is 3.52. The molecule has 0 fully saturated rings. The topological polar surface area (TPSA) is 93.6 Å². The predicted molar refractivity (Wildman–Crippen MR) is 70.0 cm³/mol. The third-order valence-corrected chi connectivity index (χ3v) is 2.60. The van der Waals surface area contributed by atoms with Gasteiger partial charge in [-0.05, 0) is 19.1 Å². The van der Waals surface area contributed by atoms with Gasteiger partial charge in [0, 0.05) is 19.5 Å². The van der Waals surface area contributed by atoms with Crippen LogP contribution in [0.5, 0.6) is 0 Å². The summed E-state index contributed by atoms with van der Waals surface area (Å²) < 4.78 is 15.4. The molecule has 2 N–H and O–H groups in total. The SMILES string of the molecule is Cc1noc(CCNCC(O)COCc2ccco2)n1. The standard InChI is InChI=1S/C13H19N3O4/c1-10-15-13(20-16-10)4-5-14-7-11(17)8-18-9-12-3-2-6-19-12/h2-3,6,11,14,17H,4-5,7-9H2,1H3. The Hall–Kier alpha value is -1.70. The van der Waals surface area contributed by atoms with Crippen LogP contribution >= 0.6 is 0 Å². The first-order valence-electron chi connectivity index (χ1n) is 6.52. The zero-order valence-electron chi connectivity index (χ0n) is 11.4. The van der Waals surface area contributed by atoms with E-state index in [0.717, 1.165) is 5.76 Å². The van der Waals surface area contributed by atoms with Crippen LogP contribution in [0, 0.1) is 6.92 Å². The number of aliphatic hydroxyl groups is 1. The van der Waals surface area contributed by atoms with Crippen molar-refractivity contribution in [2.45, 2.75) is 26.1 Å². The van der Waals surface area contributed by atoms with Gasteiger partial charge in [-0.2, -0.15) is 4.98 Å². The molecule has 7 nitrogen and oxygen atoms in total. The molecule has 0 spiro atoms. The molecule has 2 rings (SSSR count). The summed E-state index contributed by atoms with van der Waals surface area (Å²) in [7, 11) is 0. The van der Waals surface area contributed by atoms with Crippen LogP contribution in [0.1, 0.15) is 17.5 Å². The quantitative estimate of drug-likeness (QED) is 0.653. The molecular weight excluding hydrogens is 262 g/mol. The number of aliphatic hydroxyl groups excluding tert-OH is 1. The Bertz CT molecular complexity index is 484. The second-order valence-electron chi connectivity index (χ2n) is 4.44. The van der Waals surface area contributed by atoms with E-state index < -0.39 is 6.10 Å². The fourth-order valence-electron chi connectivity index (χ4n) is 1.65. The van der Waals surface area contributed by atoms with Crippen molar-refractivity contribution < 1.29 is 18.8 Å². The van der Waals surface area contributed by atoms with Gasteiger partial charge in [0.25, 0.3) is 0 Å². The highest BCUT2D eigenvalue weighted by molar-refractivity contribution is 4.96. The summed E-state index contributed by atoms with van der Waals surface area (Å²) in [5, 5.41) is 16.5. The Morgan fingerprint density at radius 1 is 1.50 bits per heavy atom. The van der Waals surface area contributed by atoms with E-state index in [1.165, 1.54) is 0 Å². The van der Waals surface area contributed by atoms with E-state index in [1.807, 2.05) is 6.07 Å². The van der Waals surface area contributed by atoms with E-state index >= 15 is 0 Å². The predicted octanol–water partition coefficient (Wildman–Crippen LogP) is 0.681. The zero-order valence-corrected chi connectivity index (χ0v) is 11.4. The van der Waals surface area contributed by atoms with E-state index in [9.17, 15) is 5.11 Å². The molecule has 1 atom stereocenters. The normalized spacial score (nSPS) is 12.7. The average molecular weight is 281 g/mol. The summed E-state index contributed by atoms with van der Waals surface area (Å²) in [5.41, 5.74) is 0. The molecule has 0 saturated carbocycles. The van der Waals surface area contributed by atoms with Gasteiger partial charge in [-0.15, -0.1) is 0 Å². The summed E-state index contributed by atoms with van der Waals surface area (Å²) >= 11 is 0. The van der Waals surface area contributed by atoms with Crippen LogP contribution in [0.25, 0.3) is 0 Å². The van der Waals surface area contributed by atoms with E-state index in [0.29, 0.717) is 37.8 Å². The molecule has 110 valence electrons. The Kier molecular flexibility index (Phi) is 5.72. The maximum Gasteiger partial charge on any atom is 0.227 e. The van der Waals surface area contributed by atoms with Crippen molar-refractivity contribution in [2.24, 2.45) is 0 Å². The smallest absolute Gasteiger partial charge is 0.227 e. The highest BCUT2D eigenvalue weighted by Crippen LogP contribution is 2.02. The molecule has 0 aliphatic rings. The van der Waals surface area contributed by atoms with Gasteiger partial charge in [-0.25, -0.2) is 0 Å². The number of furan rings is 1. The number of hydrogen-bond acceptors (Lipinski definition) is 7. The lowest BCUT2D eigenvalue weighted by Crippen LogP contribution is -2.31. The Morgan fingerprint density at radius 3 is 3.10 bits per heavy atom. The highest BCUT2D eigenvalue weighted by atomic mass is 16.5. The minimum atomic E-state index is -0.561. The maximum absolute atomic E-state index is 9.71. The Labute approximate surface area is 116 Å². The fraction of sp³-hybridized carbons (Fsp3) is 0.538. The lowest BCUT2D eigenvalue weighted by atomic mass is 10.3. The molecule has 1 unspecified atom stereocenters. The molecule has 20 heavy (non-hydrogen) atoms. The number of nitrogens with one attached hydrogen (secondary N) is 1. The van der Waals surface area contributed by atoms with Gasteiger partial charge in [0.15, 0.2) is 5.82 Å². The van der Waals surface area contributed by atoms with Gasteiger partial charge in [0.1, 0.15) is 12.4 Å². The van der Waals surface area contributed by atoms with Gasteiger partial charge in [-0.1, -0.05) is 5.16 Å². The number of rotatable bonds is 9. The summed E-state index contributed by atoms with van der Waals surface area (Å²) in [6.07, 6.45) is 1.67. The van der Waals surface area contributed by atoms with Crippen molar-refractivity contribution in [1.82, 2.24) is 15.5 Å². The summed E-state index contributed by atoms with van der Waals surface area (Å²) in [6, 6.07) is 3.63. The minimum Gasteiger partial charge on any atom is -0.467 e. The van der Waals surface area contributed by atoms with E-state index in [4.69, 9.17) is 13.7 Å². The van der Waals surface area contributed by atoms with Crippen LogP contribution < -0.4 is 5.32 Å². The molecule has 0 aliphatic carbocycles. The maximum atomic E-state index is 9.71. The van der Waals surface area contributed by atoms with Crippen molar-refractivity contribution >= 4 is 0 Å². The number of aryl methyl sites for hydroxylation is 1. The number of hydrogen-bond donors (Lipinski definition) is 2. The van der Waals surface area contributed by atoms with E-state index in [1.54, 1.807) is 19.3 Å². The third kappa shape index (κ3) is 5.12. The number of ether oxygens (including phenoxy) is 1. The largest absolute Gasteiger partial charge is 0.467 e. The first-order chi connectivity index (χ1) is 9.74. The molecule has 2 heterocycles. The molecule has 0 saturated heterocycles. The molecule has 7 heteroatoms. The highest BCUT2D eigenvalue weighted by Gasteiger charge is 2.06. The van der Waals surface area contributed by atoms with Crippen LogP contribution in [0.15, 0.2) is 27.3 Å². The summed E-state index contributed by atoms with van der Waals surface area (Å²) in [4.78, 5) is 4.09. The monoisotopic (exact) mass is 281 g/mol. The fourth-order valence-corrected chi connectivity index (χ4v) is 1.65. The molecule has 2 aromatic heterocycles. The number of nitrogens with zero attached hydrogens (tertiary/aromatic N) is 2. The second-order valence-corrected chi connectivity index (χ2v) is 4.44. The second kappa shape index (κ2) is 7.78. The van der Waals surface area contributed by atoms with E-state index in [2.05, 4.69) is 15.5 Å². The van der Waals surface area contributed by atoms with Gasteiger partial charge < -0.3 is 24.1 Å². The molecule has 0 bridgehead atoms. The number of aromatic nitrogens is 2. The minimum absolute atomic E-state index is 0.257. The van der Waals surface area contributed by atoms with Gasteiger partial charge in [0.2, 0.25) is 5.89 Å². The molecular formula is C13H19N3O4. The third-order valence-electron chi connectivity index (χ3n) is 2.60. The first kappa shape index (κ1) is 14.7. The van der Waals surface area contributed by atoms with Crippen molar-refractivity contribution in [3.05, 3.63) is 35.9 Å². The average Bonchev–Trinajstić information content (AvgIpc) is 3.06. The van der Waals surface area contributed by atoms with Crippen LogP contribution in [-0.2, 0) is 17.8 Å². The lowest BCUT2D eigenvalue weighted by molar-refractivity contribution is 0.0227. The van der Waals surface area contributed by atoms with Crippen LogP contribution in [0.4, 0.5) is 0 Å². The Morgan fingerprint density at radius 2 is 2.40 bits per heavy atom. The lowest BCUT2D eigenvalue weighted by Gasteiger charge is -2.11.